The first kappa shape index (κ1) is 36.6. The largest absolute Gasteiger partial charge is 0.559 e. The number of hydrogen-bond donors (Lipinski definition) is 2. The van der Waals surface area contributed by atoms with Gasteiger partial charge in [-0.3, -0.25) is 4.21 Å². The summed E-state index contributed by atoms with van der Waals surface area (Å²) in [5.74, 6) is -0.982. The van der Waals surface area contributed by atoms with Crippen molar-refractivity contribution in [3.05, 3.63) is 0 Å². The van der Waals surface area contributed by atoms with Crippen LogP contribution >= 0.6 is 8.03 Å². The molecule has 0 saturated heterocycles. The highest BCUT2D eigenvalue weighted by Crippen LogP contribution is 2.43. The first-order chi connectivity index (χ1) is 17.8. The first-order valence-electron chi connectivity index (χ1n) is 14.8. The molecule has 0 saturated carbocycles. The Bertz CT molecular complexity index is 619. The fourth-order valence-electron chi connectivity index (χ4n) is 4.41. The van der Waals surface area contributed by atoms with Crippen LogP contribution < -0.4 is 0 Å². The fourth-order valence-corrected chi connectivity index (χ4v) is 7.19. The van der Waals surface area contributed by atoms with Crippen molar-refractivity contribution >= 4 is 24.8 Å². The van der Waals surface area contributed by atoms with Gasteiger partial charge in [-0.25, -0.2) is 4.79 Å². The number of aliphatic hydroxyl groups excluding tert-OH is 1. The Kier molecular flexibility index (Phi) is 23.2. The number of carbonyl (C=O) groups is 1. The van der Waals surface area contributed by atoms with E-state index < -0.39 is 42.8 Å². The van der Waals surface area contributed by atoms with Crippen molar-refractivity contribution in [2.75, 3.05) is 19.0 Å². The smallest absolute Gasteiger partial charge is 0.476 e. The molecule has 0 aromatic rings. The molecule has 9 heteroatoms. The molecule has 7 nitrogen and oxygen atoms in total. The summed E-state index contributed by atoms with van der Waals surface area (Å²) in [5, 5.41) is 17.0. The van der Waals surface area contributed by atoms with E-state index in [2.05, 4.69) is 13.8 Å². The number of aliphatic carboxylic acids is 1. The van der Waals surface area contributed by atoms with Gasteiger partial charge in [0.15, 0.2) is 0 Å². The summed E-state index contributed by atoms with van der Waals surface area (Å²) in [6.07, 6.45) is 17.7. The minimum absolute atomic E-state index is 0.105. The summed E-state index contributed by atoms with van der Waals surface area (Å²) in [4.78, 5) is 12.1. The Morgan fingerprint density at radius 2 is 1.32 bits per heavy atom. The van der Waals surface area contributed by atoms with Crippen molar-refractivity contribution in [3.63, 3.8) is 0 Å². The zero-order chi connectivity index (χ0) is 27.9. The number of carboxylic acid groups (broad SMARTS) is 1. The van der Waals surface area contributed by atoms with Crippen LogP contribution in [0.4, 0.5) is 0 Å². The number of carboxylic acids is 1. The number of unbranched alkanes of at least 4 members (excludes halogenated alkanes) is 13. The van der Waals surface area contributed by atoms with Gasteiger partial charge in [-0.15, -0.1) is 4.52 Å². The lowest BCUT2D eigenvalue weighted by Crippen LogP contribution is -2.48. The maximum atomic E-state index is 13.4. The highest BCUT2D eigenvalue weighted by molar-refractivity contribution is 7.85. The molecule has 0 radical (unpaired) electrons. The predicted octanol–water partition coefficient (Wildman–Crippen LogP) is 7.73. The Morgan fingerprint density at radius 3 is 1.78 bits per heavy atom. The zero-order valence-electron chi connectivity index (χ0n) is 24.1. The maximum Gasteiger partial charge on any atom is 0.559 e. The molecule has 5 atom stereocenters. The lowest BCUT2D eigenvalue weighted by atomic mass is 10.1. The van der Waals surface area contributed by atoms with Crippen molar-refractivity contribution in [2.24, 2.45) is 0 Å². The van der Waals surface area contributed by atoms with Crippen LogP contribution in [0.1, 0.15) is 137 Å². The lowest BCUT2D eigenvalue weighted by molar-refractivity contribution is -0.164. The topological polar surface area (TPSA) is 110 Å². The van der Waals surface area contributed by atoms with Crippen molar-refractivity contribution in [1.82, 2.24) is 0 Å². The number of rotatable bonds is 27. The second-order valence-corrected chi connectivity index (χ2v) is 13.4. The van der Waals surface area contributed by atoms with E-state index in [9.17, 15) is 23.8 Å². The minimum atomic E-state index is -2.82. The van der Waals surface area contributed by atoms with Crippen LogP contribution in [0.3, 0.4) is 0 Å². The van der Waals surface area contributed by atoms with Gasteiger partial charge in [-0.2, -0.15) is 0 Å². The Hall–Kier alpha value is -0.400. The third-order valence-electron chi connectivity index (χ3n) is 6.79. The maximum absolute atomic E-state index is 13.4. The van der Waals surface area contributed by atoms with E-state index in [-0.39, 0.29) is 11.9 Å². The van der Waals surface area contributed by atoms with Gasteiger partial charge >= 0.3 is 19.3 Å². The van der Waals surface area contributed by atoms with Crippen molar-refractivity contribution < 1.29 is 33.0 Å². The summed E-state index contributed by atoms with van der Waals surface area (Å²) < 4.78 is 37.1. The van der Waals surface area contributed by atoms with Crippen LogP contribution in [0.15, 0.2) is 0 Å². The van der Waals surface area contributed by atoms with Gasteiger partial charge in [0.05, 0.1) is 11.4 Å². The molecule has 0 aliphatic rings. The molecule has 0 heterocycles. The molecule has 0 aromatic carbocycles. The summed E-state index contributed by atoms with van der Waals surface area (Å²) >= 11 is 0. The van der Waals surface area contributed by atoms with Gasteiger partial charge in [0.25, 0.3) is 0 Å². The molecule has 0 fully saturated rings. The summed E-state index contributed by atoms with van der Waals surface area (Å²) in [5.41, 5.74) is 0. The van der Waals surface area contributed by atoms with Crippen molar-refractivity contribution in [2.45, 2.75) is 154 Å². The highest BCUT2D eigenvalue weighted by Gasteiger charge is 2.62. The van der Waals surface area contributed by atoms with E-state index in [1.165, 1.54) is 57.8 Å². The standard InChI is InChI=1S/C28H55O7PS/c1-5-8-10-12-14-15-16-18-20-23-37(33)26(21-19-17-13-11-9-6-2)25(4)35-28(24-29,27(30)31)36(32)34-22-7-3/h25-26,29H,5-24H2,1-4H3/p+1. The van der Waals surface area contributed by atoms with Gasteiger partial charge < -0.3 is 14.9 Å². The van der Waals surface area contributed by atoms with Gasteiger partial charge in [-0.05, 0) is 30.8 Å². The van der Waals surface area contributed by atoms with Crippen LogP contribution in [-0.2, 0) is 29.4 Å². The molecule has 0 amide bonds. The van der Waals surface area contributed by atoms with Crippen LogP contribution in [0.25, 0.3) is 0 Å². The normalized spacial score (nSPS) is 16.2. The second kappa shape index (κ2) is 23.5. The third-order valence-corrected chi connectivity index (χ3v) is 10.2. The van der Waals surface area contributed by atoms with E-state index in [4.69, 9.17) is 9.26 Å². The Morgan fingerprint density at radius 1 is 0.838 bits per heavy atom. The number of aliphatic hydroxyl groups is 1. The Balaban J connectivity index is 5.09. The van der Waals surface area contributed by atoms with Gasteiger partial charge in [0, 0.05) is 16.6 Å². The quantitative estimate of drug-likeness (QED) is 0.0772. The highest BCUT2D eigenvalue weighted by atomic mass is 32.2. The van der Waals surface area contributed by atoms with E-state index in [1.54, 1.807) is 6.92 Å². The first-order valence-corrected chi connectivity index (χ1v) is 17.4. The molecule has 2 N–H and O–H groups in total. The summed E-state index contributed by atoms with van der Waals surface area (Å²) in [6.45, 7) is 7.04. The Labute approximate surface area is 230 Å². The molecule has 220 valence electrons. The van der Waals surface area contributed by atoms with E-state index in [0.717, 1.165) is 38.5 Å². The SMILES string of the molecule is CCCCCCCCCCCS(=O)C(CCCCCCCC)C(C)OC(CO)(C(=O)O)[P+](=O)OCCC. The zero-order valence-corrected chi connectivity index (χ0v) is 25.8. The van der Waals surface area contributed by atoms with Gasteiger partial charge in [0.1, 0.15) is 13.2 Å². The number of ether oxygens (including phenoxy) is 1. The van der Waals surface area contributed by atoms with Crippen LogP contribution in [-0.4, -0.2) is 56.1 Å². The lowest BCUT2D eigenvalue weighted by Gasteiger charge is -2.27. The van der Waals surface area contributed by atoms with E-state index >= 15 is 0 Å². The van der Waals surface area contributed by atoms with Gasteiger partial charge in [0.2, 0.25) is 0 Å². The molecular weight excluding hydrogens is 511 g/mol. The monoisotopic (exact) mass is 567 g/mol. The molecule has 0 aliphatic carbocycles. The average Bonchev–Trinajstić information content (AvgIpc) is 2.88. The van der Waals surface area contributed by atoms with Gasteiger partial charge in [-0.1, -0.05) is 111 Å². The second-order valence-electron chi connectivity index (χ2n) is 10.2. The fraction of sp³-hybridized carbons (Fsp3) is 0.964. The summed E-state index contributed by atoms with van der Waals surface area (Å²) in [6, 6.07) is 0. The molecule has 0 rings (SSSR count). The summed E-state index contributed by atoms with van der Waals surface area (Å²) in [7, 11) is -4.03. The molecule has 37 heavy (non-hydrogen) atoms. The number of hydrogen-bond acceptors (Lipinski definition) is 6. The molecule has 0 bridgehead atoms. The molecule has 0 spiro atoms. The van der Waals surface area contributed by atoms with Crippen molar-refractivity contribution in [1.29, 1.82) is 0 Å². The minimum Gasteiger partial charge on any atom is -0.476 e. The molecule has 5 unspecified atom stereocenters. The van der Waals surface area contributed by atoms with E-state index in [0.29, 0.717) is 18.6 Å². The van der Waals surface area contributed by atoms with Crippen LogP contribution in [0, 0.1) is 0 Å². The van der Waals surface area contributed by atoms with Crippen LogP contribution in [0.2, 0.25) is 0 Å². The van der Waals surface area contributed by atoms with Crippen molar-refractivity contribution in [3.8, 4) is 0 Å². The molecule has 0 aromatic heterocycles. The third kappa shape index (κ3) is 15.7. The van der Waals surface area contributed by atoms with Crippen LogP contribution in [0.5, 0.6) is 0 Å². The predicted molar refractivity (Wildman–Crippen MR) is 154 cm³/mol. The van der Waals surface area contributed by atoms with E-state index in [1.807, 2.05) is 6.92 Å². The molecular formula is C28H56O7PS+. The average molecular weight is 568 g/mol. The molecule has 0 aliphatic heterocycles.